The van der Waals surface area contributed by atoms with Crippen molar-refractivity contribution in [1.82, 2.24) is 4.57 Å². The minimum Gasteiger partial charge on any atom is -0.508 e. The van der Waals surface area contributed by atoms with Gasteiger partial charge >= 0.3 is 0 Å². The number of hydrogen-bond donors (Lipinski definition) is 2. The van der Waals surface area contributed by atoms with Gasteiger partial charge in [-0.3, -0.25) is 14.2 Å². The Bertz CT molecular complexity index is 1670. The predicted molar refractivity (Wildman–Crippen MR) is 140 cm³/mol. The SMILES string of the molecule is COc1cccc([C@H]2C(C(=O)Nc3ccccc3)=C(C)N=c3s/c(=C\c4cccc(O)c4)c(=O)n32)c1. The van der Waals surface area contributed by atoms with Gasteiger partial charge in [0.1, 0.15) is 11.5 Å². The largest absolute Gasteiger partial charge is 0.508 e. The van der Waals surface area contributed by atoms with Crippen LogP contribution in [0, 0.1) is 0 Å². The zero-order valence-electron chi connectivity index (χ0n) is 19.6. The Morgan fingerprint density at radius 2 is 1.86 bits per heavy atom. The molecule has 7 nitrogen and oxygen atoms in total. The summed E-state index contributed by atoms with van der Waals surface area (Å²) in [4.78, 5) is 32.4. The van der Waals surface area contributed by atoms with Crippen LogP contribution in [0.15, 0.2) is 99.9 Å². The second-order valence-electron chi connectivity index (χ2n) is 8.27. The summed E-state index contributed by atoms with van der Waals surface area (Å²) in [6.07, 6.45) is 1.72. The number of phenolic OH excluding ortho intramolecular Hbond substituents is 1. The maximum Gasteiger partial charge on any atom is 0.271 e. The predicted octanol–water partition coefficient (Wildman–Crippen LogP) is 3.59. The molecule has 1 aliphatic heterocycles. The normalized spacial score (nSPS) is 15.3. The summed E-state index contributed by atoms with van der Waals surface area (Å²) >= 11 is 1.24. The summed E-state index contributed by atoms with van der Waals surface area (Å²) in [5.41, 5.74) is 2.70. The van der Waals surface area contributed by atoms with E-state index in [1.807, 2.05) is 42.5 Å². The number of carbonyl (C=O) groups excluding carboxylic acids is 1. The molecule has 1 aliphatic rings. The molecule has 5 rings (SSSR count). The molecular formula is C28H23N3O4S. The first-order valence-electron chi connectivity index (χ1n) is 11.3. The van der Waals surface area contributed by atoms with E-state index in [0.717, 1.165) is 5.56 Å². The average molecular weight is 498 g/mol. The lowest BCUT2D eigenvalue weighted by Gasteiger charge is -2.25. The van der Waals surface area contributed by atoms with E-state index in [-0.39, 0.29) is 17.2 Å². The number of nitrogens with zero attached hydrogens (tertiary/aromatic N) is 2. The Hall–Kier alpha value is -4.43. The maximum atomic E-state index is 13.7. The van der Waals surface area contributed by atoms with Gasteiger partial charge in [0.05, 0.1) is 29.0 Å². The number of allylic oxidation sites excluding steroid dienone is 1. The molecule has 0 fully saturated rings. The molecule has 3 aromatic carbocycles. The number of anilines is 1. The van der Waals surface area contributed by atoms with E-state index >= 15 is 0 Å². The van der Waals surface area contributed by atoms with E-state index in [4.69, 9.17) is 4.74 Å². The smallest absolute Gasteiger partial charge is 0.271 e. The van der Waals surface area contributed by atoms with Crippen molar-refractivity contribution in [3.63, 3.8) is 0 Å². The van der Waals surface area contributed by atoms with Crippen molar-refractivity contribution in [1.29, 1.82) is 0 Å². The minimum atomic E-state index is -0.702. The number of hydrogen-bond acceptors (Lipinski definition) is 6. The van der Waals surface area contributed by atoms with Crippen LogP contribution in [0.25, 0.3) is 6.08 Å². The first-order valence-corrected chi connectivity index (χ1v) is 12.1. The summed E-state index contributed by atoms with van der Waals surface area (Å²) in [6, 6.07) is 22.5. The Balaban J connectivity index is 1.69. The molecule has 1 atom stereocenters. The zero-order chi connectivity index (χ0) is 25.2. The van der Waals surface area contributed by atoms with Gasteiger partial charge in [0.15, 0.2) is 4.80 Å². The van der Waals surface area contributed by atoms with Gasteiger partial charge in [-0.05, 0) is 60.5 Å². The highest BCUT2D eigenvalue weighted by Gasteiger charge is 2.32. The lowest BCUT2D eigenvalue weighted by atomic mass is 9.95. The van der Waals surface area contributed by atoms with Crippen LogP contribution in [0.2, 0.25) is 0 Å². The van der Waals surface area contributed by atoms with Crippen molar-refractivity contribution < 1.29 is 14.6 Å². The van der Waals surface area contributed by atoms with Crippen LogP contribution in [0.4, 0.5) is 5.69 Å². The van der Waals surface area contributed by atoms with Crippen molar-refractivity contribution in [2.45, 2.75) is 13.0 Å². The van der Waals surface area contributed by atoms with Crippen LogP contribution in [0.1, 0.15) is 24.1 Å². The number of aromatic nitrogens is 1. The van der Waals surface area contributed by atoms with Gasteiger partial charge in [-0.2, -0.15) is 0 Å². The Morgan fingerprint density at radius 3 is 2.61 bits per heavy atom. The monoisotopic (exact) mass is 497 g/mol. The van der Waals surface area contributed by atoms with Gasteiger partial charge in [0.25, 0.3) is 11.5 Å². The molecule has 0 aliphatic carbocycles. The number of methoxy groups -OCH3 is 1. The molecule has 0 bridgehead atoms. The number of carbonyl (C=O) groups is 1. The number of fused-ring (bicyclic) bond motifs is 1. The standard InChI is InChI=1S/C28H23N3O4S/c1-17-24(26(33)30-20-10-4-3-5-11-20)25(19-9-7-13-22(16-19)35-2)31-27(34)23(36-28(31)29-17)15-18-8-6-12-21(32)14-18/h3-16,25,32H,1-2H3,(H,30,33)/b23-15-/t25-/m0/s1. The van der Waals surface area contributed by atoms with Crippen LogP contribution >= 0.6 is 11.3 Å². The molecule has 0 saturated carbocycles. The molecule has 1 aromatic heterocycles. The lowest BCUT2D eigenvalue weighted by Crippen LogP contribution is -2.40. The molecule has 2 heterocycles. The number of ether oxygens (including phenoxy) is 1. The summed E-state index contributed by atoms with van der Waals surface area (Å²) < 4.78 is 7.43. The van der Waals surface area contributed by atoms with E-state index in [9.17, 15) is 14.7 Å². The molecule has 0 spiro atoms. The van der Waals surface area contributed by atoms with Gasteiger partial charge in [-0.25, -0.2) is 4.99 Å². The van der Waals surface area contributed by atoms with Crippen LogP contribution in [0.5, 0.6) is 11.5 Å². The molecule has 180 valence electrons. The van der Waals surface area contributed by atoms with Crippen molar-refractivity contribution in [3.05, 3.63) is 121 Å². The quantitative estimate of drug-likeness (QED) is 0.441. The maximum absolute atomic E-state index is 13.7. The number of nitrogens with one attached hydrogen (secondary N) is 1. The minimum absolute atomic E-state index is 0.112. The third-order valence-electron chi connectivity index (χ3n) is 5.88. The second-order valence-corrected chi connectivity index (χ2v) is 9.28. The molecule has 4 aromatic rings. The molecule has 0 unspecified atom stereocenters. The molecule has 0 saturated heterocycles. The third kappa shape index (κ3) is 4.46. The average Bonchev–Trinajstić information content (AvgIpc) is 3.18. The fourth-order valence-electron chi connectivity index (χ4n) is 4.22. The first-order chi connectivity index (χ1) is 17.4. The second kappa shape index (κ2) is 9.67. The van der Waals surface area contributed by atoms with Gasteiger partial charge < -0.3 is 15.2 Å². The highest BCUT2D eigenvalue weighted by Crippen LogP contribution is 2.32. The third-order valence-corrected chi connectivity index (χ3v) is 6.86. The van der Waals surface area contributed by atoms with Crippen LogP contribution < -0.4 is 24.9 Å². The number of amides is 1. The molecule has 0 radical (unpaired) electrons. The van der Waals surface area contributed by atoms with Crippen molar-refractivity contribution in [2.24, 2.45) is 4.99 Å². The first kappa shape index (κ1) is 23.3. The fraction of sp³-hybridized carbons (Fsp3) is 0.107. The van der Waals surface area contributed by atoms with Crippen molar-refractivity contribution >= 4 is 29.0 Å². The topological polar surface area (TPSA) is 92.9 Å². The number of para-hydroxylation sites is 1. The van der Waals surface area contributed by atoms with E-state index in [2.05, 4.69) is 10.3 Å². The fourth-order valence-corrected chi connectivity index (χ4v) is 5.27. The van der Waals surface area contributed by atoms with E-state index in [1.54, 1.807) is 61.1 Å². The van der Waals surface area contributed by atoms with E-state index in [0.29, 0.717) is 37.6 Å². The Kier molecular flexibility index (Phi) is 6.26. The number of thiazole rings is 1. The van der Waals surface area contributed by atoms with Crippen LogP contribution in [0.3, 0.4) is 0 Å². The van der Waals surface area contributed by atoms with Gasteiger partial charge in [0, 0.05) is 5.69 Å². The summed E-state index contributed by atoms with van der Waals surface area (Å²) in [7, 11) is 1.57. The highest BCUT2D eigenvalue weighted by molar-refractivity contribution is 7.07. The molecule has 8 heteroatoms. The number of aromatic hydroxyl groups is 1. The van der Waals surface area contributed by atoms with Gasteiger partial charge in [0.2, 0.25) is 0 Å². The Morgan fingerprint density at radius 1 is 1.08 bits per heavy atom. The number of phenols is 1. The van der Waals surface area contributed by atoms with Crippen molar-refractivity contribution in [2.75, 3.05) is 12.4 Å². The Labute approximate surface area is 211 Å². The summed E-state index contributed by atoms with van der Waals surface area (Å²) in [5.74, 6) is 0.394. The van der Waals surface area contributed by atoms with Gasteiger partial charge in [-0.15, -0.1) is 0 Å². The molecule has 36 heavy (non-hydrogen) atoms. The number of benzene rings is 3. The zero-order valence-corrected chi connectivity index (χ0v) is 20.5. The molecule has 1 amide bonds. The van der Waals surface area contributed by atoms with Gasteiger partial charge in [-0.1, -0.05) is 53.8 Å². The van der Waals surface area contributed by atoms with Crippen LogP contribution in [-0.2, 0) is 4.79 Å². The summed E-state index contributed by atoms with van der Waals surface area (Å²) in [6.45, 7) is 1.78. The van der Waals surface area contributed by atoms with E-state index < -0.39 is 6.04 Å². The van der Waals surface area contributed by atoms with Crippen LogP contribution in [-0.4, -0.2) is 22.7 Å². The molecule has 2 N–H and O–H groups in total. The summed E-state index contributed by atoms with van der Waals surface area (Å²) in [5, 5.41) is 12.8. The molecular weight excluding hydrogens is 474 g/mol. The lowest BCUT2D eigenvalue weighted by molar-refractivity contribution is -0.113. The van der Waals surface area contributed by atoms with Crippen molar-refractivity contribution in [3.8, 4) is 11.5 Å². The number of rotatable bonds is 5. The highest BCUT2D eigenvalue weighted by atomic mass is 32.1. The van der Waals surface area contributed by atoms with E-state index in [1.165, 1.54) is 11.3 Å².